The van der Waals surface area contributed by atoms with Gasteiger partial charge in [-0.3, -0.25) is 4.79 Å². The summed E-state index contributed by atoms with van der Waals surface area (Å²) in [4.78, 5) is 22.3. The van der Waals surface area contributed by atoms with E-state index in [9.17, 15) is 9.59 Å². The van der Waals surface area contributed by atoms with Gasteiger partial charge in [0.25, 0.3) is 0 Å². The largest absolute Gasteiger partial charge is 0.481 e. The first-order valence-electron chi connectivity index (χ1n) is 6.31. The quantitative estimate of drug-likeness (QED) is 0.769. The molecule has 2 N–H and O–H groups in total. The van der Waals surface area contributed by atoms with E-state index >= 15 is 0 Å². The van der Waals surface area contributed by atoms with E-state index in [1.807, 2.05) is 13.8 Å². The van der Waals surface area contributed by atoms with Crippen LogP contribution in [0.3, 0.4) is 0 Å². The van der Waals surface area contributed by atoms with Crippen molar-refractivity contribution in [2.24, 2.45) is 11.8 Å². The molecule has 0 bridgehead atoms. The summed E-state index contributed by atoms with van der Waals surface area (Å²) >= 11 is 0. The molecule has 0 spiro atoms. The Kier molecular flexibility index (Phi) is 6.73. The highest BCUT2D eigenvalue weighted by Crippen LogP contribution is 2.15. The number of rotatable bonds is 6. The van der Waals surface area contributed by atoms with Crippen molar-refractivity contribution in [3.05, 3.63) is 0 Å². The number of carboxylic acid groups (broad SMARTS) is 1. The molecule has 0 radical (unpaired) electrons. The molecule has 0 aliphatic rings. The van der Waals surface area contributed by atoms with E-state index in [0.717, 1.165) is 0 Å². The van der Waals surface area contributed by atoms with Crippen molar-refractivity contribution in [1.29, 1.82) is 0 Å². The number of hydrogen-bond donors (Lipinski definition) is 2. The number of hydrogen-bond acceptors (Lipinski definition) is 3. The van der Waals surface area contributed by atoms with E-state index in [1.165, 1.54) is 0 Å². The summed E-state index contributed by atoms with van der Waals surface area (Å²) in [7, 11) is 0. The van der Waals surface area contributed by atoms with Gasteiger partial charge in [-0.25, -0.2) is 4.79 Å². The van der Waals surface area contributed by atoms with Crippen LogP contribution in [0.4, 0.5) is 4.79 Å². The van der Waals surface area contributed by atoms with E-state index in [0.29, 0.717) is 25.3 Å². The van der Waals surface area contributed by atoms with Gasteiger partial charge >= 0.3 is 12.1 Å². The molecule has 0 unspecified atom stereocenters. The van der Waals surface area contributed by atoms with Gasteiger partial charge in [0, 0.05) is 6.54 Å². The fourth-order valence-electron chi connectivity index (χ4n) is 1.57. The van der Waals surface area contributed by atoms with Crippen LogP contribution < -0.4 is 5.32 Å². The summed E-state index contributed by atoms with van der Waals surface area (Å²) < 4.78 is 5.06. The third kappa shape index (κ3) is 8.84. The summed E-state index contributed by atoms with van der Waals surface area (Å²) in [6, 6.07) is 0. The van der Waals surface area contributed by atoms with Crippen LogP contribution in [0.25, 0.3) is 0 Å². The van der Waals surface area contributed by atoms with Gasteiger partial charge in [0.15, 0.2) is 0 Å². The topological polar surface area (TPSA) is 75.6 Å². The maximum atomic E-state index is 11.4. The van der Waals surface area contributed by atoms with Crippen molar-refractivity contribution < 1.29 is 19.4 Å². The first-order valence-corrected chi connectivity index (χ1v) is 6.31. The van der Waals surface area contributed by atoms with Crippen molar-refractivity contribution >= 4 is 12.1 Å². The monoisotopic (exact) mass is 259 g/mol. The summed E-state index contributed by atoms with van der Waals surface area (Å²) in [5.74, 6) is -0.901. The van der Waals surface area contributed by atoms with Gasteiger partial charge in [0.05, 0.1) is 5.92 Å². The highest BCUT2D eigenvalue weighted by molar-refractivity contribution is 5.70. The minimum atomic E-state index is -0.810. The number of carboxylic acids is 1. The zero-order chi connectivity index (χ0) is 14.3. The third-order valence-electron chi connectivity index (χ3n) is 2.27. The van der Waals surface area contributed by atoms with Crippen LogP contribution in [-0.4, -0.2) is 29.3 Å². The smallest absolute Gasteiger partial charge is 0.407 e. The number of aliphatic carboxylic acids is 1. The molecule has 0 aromatic carbocycles. The first-order chi connectivity index (χ1) is 8.11. The van der Waals surface area contributed by atoms with Crippen molar-refractivity contribution in [3.8, 4) is 0 Å². The minimum absolute atomic E-state index is 0.318. The van der Waals surface area contributed by atoms with E-state index in [-0.39, 0.29) is 0 Å². The molecule has 0 fully saturated rings. The molecule has 106 valence electrons. The Hall–Kier alpha value is -1.26. The lowest BCUT2D eigenvalue weighted by atomic mass is 9.94. The van der Waals surface area contributed by atoms with E-state index < -0.39 is 23.6 Å². The van der Waals surface area contributed by atoms with Gasteiger partial charge in [-0.05, 0) is 39.5 Å². The Morgan fingerprint density at radius 2 is 1.83 bits per heavy atom. The molecule has 0 heterocycles. The standard InChI is InChI=1S/C13H25NO4/c1-9(2)8-10(11(15)16)6-7-14-12(17)18-13(3,4)5/h9-10H,6-8H2,1-5H3,(H,14,17)(H,15,16)/t10-/m0/s1. The molecule has 0 aromatic heterocycles. The predicted molar refractivity (Wildman–Crippen MR) is 69.4 cm³/mol. The number of nitrogens with one attached hydrogen (secondary N) is 1. The lowest BCUT2D eigenvalue weighted by molar-refractivity contribution is -0.142. The lowest BCUT2D eigenvalue weighted by Crippen LogP contribution is -2.34. The summed E-state index contributed by atoms with van der Waals surface area (Å²) in [6.07, 6.45) is 0.536. The highest BCUT2D eigenvalue weighted by atomic mass is 16.6. The van der Waals surface area contributed by atoms with Crippen molar-refractivity contribution in [2.45, 2.75) is 53.1 Å². The van der Waals surface area contributed by atoms with Gasteiger partial charge in [-0.1, -0.05) is 13.8 Å². The van der Waals surface area contributed by atoms with Crippen LogP contribution >= 0.6 is 0 Å². The molecule has 0 saturated heterocycles. The molecule has 5 heteroatoms. The highest BCUT2D eigenvalue weighted by Gasteiger charge is 2.20. The zero-order valence-electron chi connectivity index (χ0n) is 11.9. The average Bonchev–Trinajstić information content (AvgIpc) is 2.12. The fourth-order valence-corrected chi connectivity index (χ4v) is 1.57. The second kappa shape index (κ2) is 7.24. The normalized spacial score (nSPS) is 13.2. The third-order valence-corrected chi connectivity index (χ3v) is 2.27. The molecule has 5 nitrogen and oxygen atoms in total. The molecule has 0 aliphatic carbocycles. The molecule has 0 aliphatic heterocycles. The predicted octanol–water partition coefficient (Wildman–Crippen LogP) is 2.65. The molecule has 1 amide bonds. The number of ether oxygens (including phenoxy) is 1. The number of alkyl carbamates (subject to hydrolysis) is 1. The van der Waals surface area contributed by atoms with Crippen molar-refractivity contribution in [3.63, 3.8) is 0 Å². The lowest BCUT2D eigenvalue weighted by Gasteiger charge is -2.20. The van der Waals surface area contributed by atoms with Crippen LogP contribution in [0.1, 0.15) is 47.5 Å². The second-order valence-corrected chi connectivity index (χ2v) is 5.88. The Labute approximate surface area is 109 Å². The van der Waals surface area contributed by atoms with Crippen LogP contribution in [-0.2, 0) is 9.53 Å². The maximum Gasteiger partial charge on any atom is 0.407 e. The minimum Gasteiger partial charge on any atom is -0.481 e. The molecule has 1 atom stereocenters. The van der Waals surface area contributed by atoms with Gasteiger partial charge in [-0.2, -0.15) is 0 Å². The molecular formula is C13H25NO4. The number of carbonyl (C=O) groups excluding carboxylic acids is 1. The average molecular weight is 259 g/mol. The van der Waals surface area contributed by atoms with Crippen LogP contribution in [0.5, 0.6) is 0 Å². The SMILES string of the molecule is CC(C)C[C@H](CCNC(=O)OC(C)(C)C)C(=O)O. The fraction of sp³-hybridized carbons (Fsp3) is 0.846. The van der Waals surface area contributed by atoms with Crippen molar-refractivity contribution in [2.75, 3.05) is 6.54 Å². The Morgan fingerprint density at radius 1 is 1.28 bits per heavy atom. The second-order valence-electron chi connectivity index (χ2n) is 5.88. The van der Waals surface area contributed by atoms with E-state index in [2.05, 4.69) is 5.32 Å². The van der Waals surface area contributed by atoms with Crippen LogP contribution in [0.15, 0.2) is 0 Å². The van der Waals surface area contributed by atoms with Gasteiger partial charge in [0.2, 0.25) is 0 Å². The summed E-state index contributed by atoms with van der Waals surface area (Å²) in [5, 5.41) is 11.6. The van der Waals surface area contributed by atoms with Crippen LogP contribution in [0, 0.1) is 11.8 Å². The Bertz CT molecular complexity index is 281. The Balaban J connectivity index is 4.00. The van der Waals surface area contributed by atoms with E-state index in [4.69, 9.17) is 9.84 Å². The molecule has 18 heavy (non-hydrogen) atoms. The molecule has 0 aromatic rings. The van der Waals surface area contributed by atoms with Gasteiger partial charge in [0.1, 0.15) is 5.60 Å². The van der Waals surface area contributed by atoms with Gasteiger partial charge in [-0.15, -0.1) is 0 Å². The maximum absolute atomic E-state index is 11.4. The number of amides is 1. The van der Waals surface area contributed by atoms with Crippen LogP contribution in [0.2, 0.25) is 0 Å². The molecule has 0 rings (SSSR count). The van der Waals surface area contributed by atoms with E-state index in [1.54, 1.807) is 20.8 Å². The number of carbonyl (C=O) groups is 2. The summed E-state index contributed by atoms with van der Waals surface area (Å²) in [5.41, 5.74) is -0.534. The zero-order valence-corrected chi connectivity index (χ0v) is 11.9. The molecule has 0 saturated carbocycles. The first kappa shape index (κ1) is 16.7. The Morgan fingerprint density at radius 3 is 2.22 bits per heavy atom. The molecular weight excluding hydrogens is 234 g/mol. The van der Waals surface area contributed by atoms with Gasteiger partial charge < -0.3 is 15.2 Å². The summed E-state index contributed by atoms with van der Waals surface area (Å²) in [6.45, 7) is 9.63. The van der Waals surface area contributed by atoms with Crippen molar-refractivity contribution in [1.82, 2.24) is 5.32 Å².